The van der Waals surface area contributed by atoms with E-state index in [1.165, 1.54) is 52.1 Å². The Morgan fingerprint density at radius 2 is 1.69 bits per heavy atom. The van der Waals surface area contributed by atoms with Gasteiger partial charge in [-0.15, -0.1) is 35.8 Å². The largest absolute Gasteiger partial charge is 0.313 e. The number of sulfonamides is 1. The molecular formula is C26H25N3O3S3. The van der Waals surface area contributed by atoms with Crippen LogP contribution in [0.4, 0.5) is 5.00 Å². The summed E-state index contributed by atoms with van der Waals surface area (Å²) in [6.45, 7) is 11.6. The topological polar surface area (TPSA) is 79.4 Å². The molecule has 0 aliphatic carbocycles. The first kappa shape index (κ1) is 25.0. The molecule has 0 aliphatic rings. The maximum absolute atomic E-state index is 13.1. The number of thiazole rings is 1. The highest BCUT2D eigenvalue weighted by molar-refractivity contribution is 7.89. The van der Waals surface area contributed by atoms with E-state index in [0.717, 1.165) is 36.2 Å². The van der Waals surface area contributed by atoms with Crippen LogP contribution in [-0.4, -0.2) is 36.7 Å². The number of amides is 1. The second-order valence-corrected chi connectivity index (χ2v) is 12.0. The summed E-state index contributed by atoms with van der Waals surface area (Å²) in [5, 5.41) is 4.59. The third-order valence-electron chi connectivity index (χ3n) is 5.54. The van der Waals surface area contributed by atoms with Crippen molar-refractivity contribution in [2.24, 2.45) is 0 Å². The van der Waals surface area contributed by atoms with Gasteiger partial charge in [-0.1, -0.05) is 24.3 Å². The fourth-order valence-corrected chi connectivity index (χ4v) is 7.19. The number of anilines is 1. The Morgan fingerprint density at radius 3 is 2.31 bits per heavy atom. The first-order valence-electron chi connectivity index (χ1n) is 10.9. The number of nitrogens with one attached hydrogen (secondary N) is 1. The van der Waals surface area contributed by atoms with Gasteiger partial charge in [-0.05, 0) is 55.8 Å². The zero-order chi connectivity index (χ0) is 25.2. The van der Waals surface area contributed by atoms with Crippen LogP contribution in [0, 0.1) is 13.8 Å². The molecule has 6 nitrogen and oxygen atoms in total. The van der Waals surface area contributed by atoms with Gasteiger partial charge in [-0.3, -0.25) is 4.79 Å². The molecule has 2 aromatic carbocycles. The van der Waals surface area contributed by atoms with E-state index in [4.69, 9.17) is 4.98 Å². The molecule has 0 radical (unpaired) electrons. The number of para-hydroxylation sites is 1. The molecule has 1 N–H and O–H groups in total. The molecule has 35 heavy (non-hydrogen) atoms. The molecule has 1 amide bonds. The molecule has 0 bridgehead atoms. The predicted molar refractivity (Wildman–Crippen MR) is 146 cm³/mol. The molecule has 0 fully saturated rings. The lowest BCUT2D eigenvalue weighted by molar-refractivity contribution is 0.102. The lowest BCUT2D eigenvalue weighted by Gasteiger charge is -2.19. The Bertz CT molecular complexity index is 1470. The van der Waals surface area contributed by atoms with Gasteiger partial charge in [0.2, 0.25) is 10.0 Å². The Labute approximate surface area is 213 Å². The maximum Gasteiger partial charge on any atom is 0.256 e. The number of carbonyl (C=O) groups excluding carboxylic acids is 1. The fraction of sp³-hybridized carbons (Fsp3) is 0.154. The number of thiophene rings is 1. The number of nitrogens with zero attached hydrogens (tertiary/aromatic N) is 2. The highest BCUT2D eigenvalue weighted by atomic mass is 32.2. The number of fused-ring (bicyclic) bond motifs is 1. The van der Waals surface area contributed by atoms with E-state index in [9.17, 15) is 13.2 Å². The van der Waals surface area contributed by atoms with E-state index < -0.39 is 10.0 Å². The van der Waals surface area contributed by atoms with Gasteiger partial charge < -0.3 is 5.32 Å². The van der Waals surface area contributed by atoms with Crippen molar-refractivity contribution in [3.05, 3.63) is 89.8 Å². The highest BCUT2D eigenvalue weighted by Gasteiger charge is 2.24. The Hall–Kier alpha value is -3.11. The summed E-state index contributed by atoms with van der Waals surface area (Å²) in [5.41, 5.74) is 3.29. The van der Waals surface area contributed by atoms with Gasteiger partial charge in [-0.2, -0.15) is 4.31 Å². The van der Waals surface area contributed by atoms with Crippen LogP contribution in [0.2, 0.25) is 0 Å². The van der Waals surface area contributed by atoms with Crippen LogP contribution in [-0.2, 0) is 10.0 Å². The third kappa shape index (κ3) is 4.99. The molecule has 4 rings (SSSR count). The highest BCUT2D eigenvalue weighted by Crippen LogP contribution is 2.43. The number of aromatic nitrogens is 1. The summed E-state index contributed by atoms with van der Waals surface area (Å²) in [6.07, 6.45) is 3.05. The van der Waals surface area contributed by atoms with Crippen molar-refractivity contribution in [1.82, 2.24) is 9.29 Å². The maximum atomic E-state index is 13.1. The van der Waals surface area contributed by atoms with E-state index in [1.54, 1.807) is 11.3 Å². The van der Waals surface area contributed by atoms with Gasteiger partial charge in [-0.25, -0.2) is 13.4 Å². The second kappa shape index (κ2) is 10.2. The van der Waals surface area contributed by atoms with Crippen molar-refractivity contribution in [2.75, 3.05) is 18.4 Å². The van der Waals surface area contributed by atoms with Crippen LogP contribution in [0.5, 0.6) is 0 Å². The fourth-order valence-electron chi connectivity index (χ4n) is 3.61. The van der Waals surface area contributed by atoms with E-state index in [0.29, 0.717) is 5.56 Å². The minimum atomic E-state index is -3.73. The quantitative estimate of drug-likeness (QED) is 0.263. The number of rotatable bonds is 9. The second-order valence-electron chi connectivity index (χ2n) is 7.85. The Kier molecular flexibility index (Phi) is 7.32. The number of hydrogen-bond donors (Lipinski definition) is 1. The number of carbonyl (C=O) groups is 1. The first-order valence-corrected chi connectivity index (χ1v) is 13.9. The van der Waals surface area contributed by atoms with E-state index >= 15 is 0 Å². The average Bonchev–Trinajstić information content (AvgIpc) is 3.38. The molecule has 0 saturated heterocycles. The van der Waals surface area contributed by atoms with Crippen molar-refractivity contribution in [3.8, 4) is 10.6 Å². The van der Waals surface area contributed by atoms with Crippen LogP contribution in [0.25, 0.3) is 20.8 Å². The number of aryl methyl sites for hydroxylation is 1. The number of benzene rings is 2. The SMILES string of the molecule is C=CCN(CC=C)S(=O)(=O)c1ccc(C(=O)Nc2sc(C)c(C)c2-c2nc3ccccc3s2)cc1. The van der Waals surface area contributed by atoms with Crippen LogP contribution < -0.4 is 5.32 Å². The Morgan fingerprint density at radius 1 is 1.03 bits per heavy atom. The molecule has 9 heteroatoms. The summed E-state index contributed by atoms with van der Waals surface area (Å²) in [4.78, 5) is 19.1. The third-order valence-corrected chi connectivity index (χ3v) is 9.56. The molecule has 4 aromatic rings. The minimum Gasteiger partial charge on any atom is -0.313 e. The smallest absolute Gasteiger partial charge is 0.256 e. The lowest BCUT2D eigenvalue weighted by atomic mass is 10.1. The van der Waals surface area contributed by atoms with Crippen molar-refractivity contribution in [3.63, 3.8) is 0 Å². The van der Waals surface area contributed by atoms with Crippen molar-refractivity contribution < 1.29 is 13.2 Å². The molecule has 0 spiro atoms. The van der Waals surface area contributed by atoms with Gasteiger partial charge in [0, 0.05) is 29.1 Å². The zero-order valence-corrected chi connectivity index (χ0v) is 21.9. The molecule has 0 aliphatic heterocycles. The van der Waals surface area contributed by atoms with Gasteiger partial charge in [0.15, 0.2) is 0 Å². The van der Waals surface area contributed by atoms with Crippen molar-refractivity contribution in [1.29, 1.82) is 0 Å². The summed E-state index contributed by atoms with van der Waals surface area (Å²) < 4.78 is 28.2. The first-order chi connectivity index (χ1) is 16.8. The summed E-state index contributed by atoms with van der Waals surface area (Å²) >= 11 is 3.09. The molecule has 2 aromatic heterocycles. The Balaban J connectivity index is 1.61. The van der Waals surface area contributed by atoms with Crippen LogP contribution in [0.15, 0.2) is 78.7 Å². The lowest BCUT2D eigenvalue weighted by Crippen LogP contribution is -2.31. The molecule has 0 unspecified atom stereocenters. The van der Waals surface area contributed by atoms with Gasteiger partial charge >= 0.3 is 0 Å². The number of hydrogen-bond acceptors (Lipinski definition) is 6. The average molecular weight is 524 g/mol. The normalized spacial score (nSPS) is 11.6. The molecule has 0 atom stereocenters. The minimum absolute atomic E-state index is 0.107. The molecular weight excluding hydrogens is 499 g/mol. The van der Waals surface area contributed by atoms with E-state index in [2.05, 4.69) is 18.5 Å². The van der Waals surface area contributed by atoms with Gasteiger partial charge in [0.1, 0.15) is 10.0 Å². The van der Waals surface area contributed by atoms with Gasteiger partial charge in [0.05, 0.1) is 15.1 Å². The van der Waals surface area contributed by atoms with Gasteiger partial charge in [0.25, 0.3) is 5.91 Å². The molecule has 2 heterocycles. The summed E-state index contributed by atoms with van der Waals surface area (Å²) in [7, 11) is -3.73. The van der Waals surface area contributed by atoms with Crippen LogP contribution in [0.1, 0.15) is 20.8 Å². The molecule has 0 saturated carbocycles. The summed E-state index contributed by atoms with van der Waals surface area (Å²) in [6, 6.07) is 13.9. The summed E-state index contributed by atoms with van der Waals surface area (Å²) in [5.74, 6) is -0.313. The zero-order valence-electron chi connectivity index (χ0n) is 19.4. The van der Waals surface area contributed by atoms with E-state index in [-0.39, 0.29) is 23.9 Å². The van der Waals surface area contributed by atoms with E-state index in [1.807, 2.05) is 38.1 Å². The van der Waals surface area contributed by atoms with Crippen LogP contribution in [0.3, 0.4) is 0 Å². The molecule has 180 valence electrons. The monoisotopic (exact) mass is 523 g/mol. The standard InChI is InChI=1S/C26H25N3O3S3/c1-5-15-29(16-6-2)35(31,32)20-13-11-19(12-14-20)24(30)28-26-23(17(3)18(4)33-26)25-27-21-9-7-8-10-22(21)34-25/h5-14H,1-2,15-16H2,3-4H3,(H,28,30). The van der Waals surface area contributed by atoms with Crippen molar-refractivity contribution in [2.45, 2.75) is 18.7 Å². The predicted octanol–water partition coefficient (Wildman–Crippen LogP) is 6.26. The van der Waals surface area contributed by atoms with Crippen molar-refractivity contribution >= 4 is 53.8 Å². The van der Waals surface area contributed by atoms with Crippen LogP contribution >= 0.6 is 22.7 Å².